The van der Waals surface area contributed by atoms with Crippen LogP contribution in [0.15, 0.2) is 22.7 Å². The van der Waals surface area contributed by atoms with Crippen molar-refractivity contribution in [2.75, 3.05) is 18.1 Å². The Kier molecular flexibility index (Phi) is 5.23. The molecule has 120 valence electrons. The first kappa shape index (κ1) is 17.0. The Morgan fingerprint density at radius 3 is 2.73 bits per heavy atom. The normalized spacial score (nSPS) is 19.6. The van der Waals surface area contributed by atoms with Crippen LogP contribution >= 0.6 is 15.9 Å². The molecular weight excluding hydrogens is 374 g/mol. The molecule has 1 atom stereocenters. The fourth-order valence-corrected chi connectivity index (χ4v) is 4.26. The lowest BCUT2D eigenvalue weighted by Gasteiger charge is -2.13. The first-order valence-corrected chi connectivity index (χ1v) is 9.31. The summed E-state index contributed by atoms with van der Waals surface area (Å²) < 4.78 is 28.8. The third kappa shape index (κ3) is 4.54. The minimum Gasteiger partial charge on any atom is -0.483 e. The monoisotopic (exact) mass is 389 g/mol. The van der Waals surface area contributed by atoms with Crippen LogP contribution in [0.25, 0.3) is 0 Å². The Bertz CT molecular complexity index is 701. The lowest BCUT2D eigenvalue weighted by atomic mass is 10.1. The van der Waals surface area contributed by atoms with Crippen LogP contribution in [0.1, 0.15) is 23.7 Å². The lowest BCUT2D eigenvalue weighted by molar-refractivity contribution is -0.123. The van der Waals surface area contributed by atoms with E-state index in [-0.39, 0.29) is 29.9 Å². The fraction of sp³-hybridized carbons (Fsp3) is 0.429. The zero-order valence-corrected chi connectivity index (χ0v) is 14.4. The number of halogens is 1. The van der Waals surface area contributed by atoms with E-state index in [4.69, 9.17) is 4.74 Å². The van der Waals surface area contributed by atoms with Gasteiger partial charge in [-0.2, -0.15) is 0 Å². The Morgan fingerprint density at radius 1 is 1.41 bits per heavy atom. The summed E-state index contributed by atoms with van der Waals surface area (Å²) in [4.78, 5) is 23.4. The van der Waals surface area contributed by atoms with Gasteiger partial charge in [0.15, 0.2) is 22.2 Å². The number of nitrogens with one attached hydrogen (secondary N) is 1. The van der Waals surface area contributed by atoms with Crippen LogP contribution in [0.4, 0.5) is 0 Å². The van der Waals surface area contributed by atoms with Crippen molar-refractivity contribution in [2.24, 2.45) is 0 Å². The first-order chi connectivity index (χ1) is 10.3. The fourth-order valence-electron chi connectivity index (χ4n) is 2.22. The van der Waals surface area contributed by atoms with E-state index >= 15 is 0 Å². The topological polar surface area (TPSA) is 89.5 Å². The Hall–Kier alpha value is -1.41. The molecule has 1 fully saturated rings. The van der Waals surface area contributed by atoms with E-state index < -0.39 is 15.7 Å². The van der Waals surface area contributed by atoms with Crippen molar-refractivity contribution in [2.45, 2.75) is 19.4 Å². The molecule has 0 bridgehead atoms. The summed E-state index contributed by atoms with van der Waals surface area (Å²) in [6.07, 6.45) is 0.422. The predicted molar refractivity (Wildman–Crippen MR) is 84.8 cm³/mol. The van der Waals surface area contributed by atoms with Crippen LogP contribution in [-0.2, 0) is 14.6 Å². The number of carbonyl (C=O) groups is 2. The average Bonchev–Trinajstić information content (AvgIpc) is 2.76. The van der Waals surface area contributed by atoms with Crippen LogP contribution in [0, 0.1) is 0 Å². The highest BCUT2D eigenvalue weighted by molar-refractivity contribution is 9.10. The standard InChI is InChI=1S/C14H16BrNO5S/c1-9(17)12-6-10(15)2-3-13(12)21-7-14(18)16-11-4-5-22(19,20)8-11/h2-3,6,11H,4-5,7-8H2,1H3,(H,16,18). The van der Waals surface area contributed by atoms with Gasteiger partial charge in [0.05, 0.1) is 17.1 Å². The minimum atomic E-state index is -3.04. The summed E-state index contributed by atoms with van der Waals surface area (Å²) in [5.41, 5.74) is 0.380. The lowest BCUT2D eigenvalue weighted by Crippen LogP contribution is -2.38. The maximum absolute atomic E-state index is 11.8. The van der Waals surface area contributed by atoms with Crippen molar-refractivity contribution in [1.29, 1.82) is 0 Å². The zero-order chi connectivity index (χ0) is 16.3. The van der Waals surface area contributed by atoms with E-state index in [1.54, 1.807) is 18.2 Å². The highest BCUT2D eigenvalue weighted by atomic mass is 79.9. The number of hydrogen-bond donors (Lipinski definition) is 1. The van der Waals surface area contributed by atoms with Gasteiger partial charge in [-0.15, -0.1) is 0 Å². The molecule has 22 heavy (non-hydrogen) atoms. The number of benzene rings is 1. The third-order valence-electron chi connectivity index (χ3n) is 3.28. The number of sulfone groups is 1. The van der Waals surface area contributed by atoms with Gasteiger partial charge >= 0.3 is 0 Å². The predicted octanol–water partition coefficient (Wildman–Crippen LogP) is 1.33. The molecule has 6 nitrogen and oxygen atoms in total. The molecule has 0 aliphatic carbocycles. The second-order valence-electron chi connectivity index (χ2n) is 5.15. The zero-order valence-electron chi connectivity index (χ0n) is 12.0. The van der Waals surface area contributed by atoms with Gasteiger partial charge in [-0.25, -0.2) is 8.42 Å². The number of hydrogen-bond acceptors (Lipinski definition) is 5. The van der Waals surface area contributed by atoms with E-state index in [9.17, 15) is 18.0 Å². The van der Waals surface area contributed by atoms with Crippen molar-refractivity contribution in [3.05, 3.63) is 28.2 Å². The first-order valence-electron chi connectivity index (χ1n) is 6.70. The highest BCUT2D eigenvalue weighted by Gasteiger charge is 2.28. The molecule has 1 aromatic rings. The van der Waals surface area contributed by atoms with Crippen molar-refractivity contribution >= 4 is 37.5 Å². The van der Waals surface area contributed by atoms with E-state index in [1.807, 2.05) is 0 Å². The van der Waals surface area contributed by atoms with Gasteiger partial charge in [-0.05, 0) is 31.5 Å². The second-order valence-corrected chi connectivity index (χ2v) is 8.30. The van der Waals surface area contributed by atoms with Gasteiger partial charge < -0.3 is 10.1 Å². The van der Waals surface area contributed by atoms with E-state index in [0.29, 0.717) is 17.7 Å². The minimum absolute atomic E-state index is 0.0320. The number of ether oxygens (including phenoxy) is 1. The summed E-state index contributed by atoms with van der Waals surface area (Å²) in [6.45, 7) is 1.15. The molecule has 0 saturated carbocycles. The van der Waals surface area contributed by atoms with Crippen molar-refractivity contribution in [3.8, 4) is 5.75 Å². The SMILES string of the molecule is CC(=O)c1cc(Br)ccc1OCC(=O)NC1CCS(=O)(=O)C1. The van der Waals surface area contributed by atoms with Crippen molar-refractivity contribution in [3.63, 3.8) is 0 Å². The molecule has 0 radical (unpaired) electrons. The average molecular weight is 390 g/mol. The van der Waals surface area contributed by atoms with Crippen LogP contribution in [-0.4, -0.2) is 44.3 Å². The molecule has 1 heterocycles. The number of Topliss-reactive ketones (excluding diaryl/α,β-unsaturated/α-hetero) is 1. The van der Waals surface area contributed by atoms with Gasteiger partial charge in [0, 0.05) is 10.5 Å². The van der Waals surface area contributed by atoms with Crippen LogP contribution < -0.4 is 10.1 Å². The molecule has 1 saturated heterocycles. The smallest absolute Gasteiger partial charge is 0.258 e. The van der Waals surface area contributed by atoms with Crippen LogP contribution in [0.5, 0.6) is 5.75 Å². The summed E-state index contributed by atoms with van der Waals surface area (Å²) in [6, 6.07) is 4.58. The molecule has 0 aromatic heterocycles. The summed E-state index contributed by atoms with van der Waals surface area (Å²) in [5, 5.41) is 2.63. The molecule has 1 aliphatic heterocycles. The quantitative estimate of drug-likeness (QED) is 0.767. The molecule has 8 heteroatoms. The molecule has 0 spiro atoms. The van der Waals surface area contributed by atoms with E-state index in [0.717, 1.165) is 4.47 Å². The Morgan fingerprint density at radius 2 is 2.14 bits per heavy atom. The second kappa shape index (κ2) is 6.78. The molecule has 1 aromatic carbocycles. The molecular formula is C14H16BrNO5S. The molecule has 1 N–H and O–H groups in total. The maximum Gasteiger partial charge on any atom is 0.258 e. The van der Waals surface area contributed by atoms with Gasteiger partial charge in [0.2, 0.25) is 0 Å². The maximum atomic E-state index is 11.8. The van der Waals surface area contributed by atoms with Gasteiger partial charge in [0.1, 0.15) is 5.75 Å². The van der Waals surface area contributed by atoms with Gasteiger partial charge in [-0.1, -0.05) is 15.9 Å². The molecule has 1 unspecified atom stereocenters. The summed E-state index contributed by atoms with van der Waals surface area (Å²) in [5.74, 6) is -0.182. The largest absolute Gasteiger partial charge is 0.483 e. The van der Waals surface area contributed by atoms with Crippen molar-refractivity contribution in [1.82, 2.24) is 5.32 Å². The molecule has 1 amide bonds. The number of amides is 1. The van der Waals surface area contributed by atoms with Crippen LogP contribution in [0.3, 0.4) is 0 Å². The third-order valence-corrected chi connectivity index (χ3v) is 5.54. The van der Waals surface area contributed by atoms with Gasteiger partial charge in [0.25, 0.3) is 5.91 Å². The van der Waals surface area contributed by atoms with Gasteiger partial charge in [-0.3, -0.25) is 9.59 Å². The molecule has 2 rings (SSSR count). The van der Waals surface area contributed by atoms with Crippen molar-refractivity contribution < 1.29 is 22.7 Å². The summed E-state index contributed by atoms with van der Waals surface area (Å²) in [7, 11) is -3.04. The number of rotatable bonds is 5. The Balaban J connectivity index is 1.93. The summed E-state index contributed by atoms with van der Waals surface area (Å²) >= 11 is 3.27. The Labute approximate surface area is 137 Å². The number of ketones is 1. The van der Waals surface area contributed by atoms with E-state index in [2.05, 4.69) is 21.2 Å². The number of carbonyl (C=O) groups excluding carboxylic acids is 2. The van der Waals surface area contributed by atoms with Crippen LogP contribution in [0.2, 0.25) is 0 Å². The highest BCUT2D eigenvalue weighted by Crippen LogP contribution is 2.23. The molecule has 1 aliphatic rings. The van der Waals surface area contributed by atoms with E-state index in [1.165, 1.54) is 6.92 Å².